The molecule has 5 nitrogen and oxygen atoms in total. The van der Waals surface area contributed by atoms with Crippen molar-refractivity contribution < 1.29 is 14.3 Å². The normalized spacial score (nSPS) is 10.3. The number of hydrogen-bond donors (Lipinski definition) is 2. The SMILES string of the molecule is COc1ccc(CNCCC(=O)Nc2ccccc2Oc2ccccc2)cc1. The standard InChI is InChI=1S/C23H24N2O3/c1-27-19-13-11-18(12-14-19)17-24-16-15-23(26)25-21-9-5-6-10-22(21)28-20-7-3-2-4-8-20/h2-14,24H,15-17H2,1H3,(H,25,26). The van der Waals surface area contributed by atoms with Crippen molar-refractivity contribution in [2.24, 2.45) is 0 Å². The minimum Gasteiger partial charge on any atom is -0.497 e. The molecule has 0 heterocycles. The Kier molecular flexibility index (Phi) is 7.04. The van der Waals surface area contributed by atoms with E-state index in [0.717, 1.165) is 17.1 Å². The van der Waals surface area contributed by atoms with Crippen molar-refractivity contribution in [3.8, 4) is 17.2 Å². The first kappa shape index (κ1) is 19.5. The zero-order chi connectivity index (χ0) is 19.6. The van der Waals surface area contributed by atoms with Crippen molar-refractivity contribution in [3.63, 3.8) is 0 Å². The summed E-state index contributed by atoms with van der Waals surface area (Å²) in [5.41, 5.74) is 1.80. The van der Waals surface area contributed by atoms with Crippen molar-refractivity contribution >= 4 is 11.6 Å². The lowest BCUT2D eigenvalue weighted by molar-refractivity contribution is -0.116. The third kappa shape index (κ3) is 5.86. The Labute approximate surface area is 165 Å². The first-order valence-corrected chi connectivity index (χ1v) is 9.20. The molecule has 0 aliphatic carbocycles. The smallest absolute Gasteiger partial charge is 0.225 e. The number of ether oxygens (including phenoxy) is 2. The lowest BCUT2D eigenvalue weighted by atomic mass is 10.2. The number of methoxy groups -OCH3 is 1. The highest BCUT2D eigenvalue weighted by Gasteiger charge is 2.08. The Balaban J connectivity index is 1.47. The van der Waals surface area contributed by atoms with Crippen molar-refractivity contribution in [1.29, 1.82) is 0 Å². The zero-order valence-electron chi connectivity index (χ0n) is 15.9. The molecule has 0 saturated carbocycles. The van der Waals surface area contributed by atoms with E-state index >= 15 is 0 Å². The minimum atomic E-state index is -0.0636. The van der Waals surface area contributed by atoms with Gasteiger partial charge < -0.3 is 20.1 Å². The van der Waals surface area contributed by atoms with Crippen LogP contribution in [0.5, 0.6) is 17.2 Å². The van der Waals surface area contributed by atoms with E-state index in [-0.39, 0.29) is 5.91 Å². The highest BCUT2D eigenvalue weighted by molar-refractivity contribution is 5.92. The molecule has 0 spiro atoms. The van der Waals surface area contributed by atoms with Gasteiger partial charge in [0.2, 0.25) is 5.91 Å². The second-order valence-corrected chi connectivity index (χ2v) is 6.23. The van der Waals surface area contributed by atoms with Gasteiger partial charge in [-0.2, -0.15) is 0 Å². The summed E-state index contributed by atoms with van der Waals surface area (Å²) in [5, 5.41) is 6.20. The van der Waals surface area contributed by atoms with Crippen molar-refractivity contribution in [2.75, 3.05) is 19.0 Å². The van der Waals surface area contributed by atoms with E-state index in [2.05, 4.69) is 10.6 Å². The highest BCUT2D eigenvalue weighted by atomic mass is 16.5. The maximum atomic E-state index is 12.3. The quantitative estimate of drug-likeness (QED) is 0.536. The molecule has 28 heavy (non-hydrogen) atoms. The van der Waals surface area contributed by atoms with Gasteiger partial charge in [0.05, 0.1) is 12.8 Å². The summed E-state index contributed by atoms with van der Waals surface area (Å²) in [7, 11) is 1.65. The van der Waals surface area contributed by atoms with Gasteiger partial charge >= 0.3 is 0 Å². The molecule has 0 saturated heterocycles. The molecule has 0 radical (unpaired) electrons. The van der Waals surface area contributed by atoms with E-state index in [1.165, 1.54) is 0 Å². The van der Waals surface area contributed by atoms with Crippen LogP contribution in [-0.2, 0) is 11.3 Å². The van der Waals surface area contributed by atoms with Crippen LogP contribution < -0.4 is 20.1 Å². The van der Waals surface area contributed by atoms with Crippen molar-refractivity contribution in [3.05, 3.63) is 84.4 Å². The van der Waals surface area contributed by atoms with Gasteiger partial charge in [-0.05, 0) is 42.0 Å². The van der Waals surface area contributed by atoms with E-state index in [4.69, 9.17) is 9.47 Å². The van der Waals surface area contributed by atoms with Gasteiger partial charge in [-0.25, -0.2) is 0 Å². The van der Waals surface area contributed by atoms with Gasteiger partial charge in [0.25, 0.3) is 0 Å². The monoisotopic (exact) mass is 376 g/mol. The molecule has 0 atom stereocenters. The molecule has 0 unspecified atom stereocenters. The molecular formula is C23H24N2O3. The Hall–Kier alpha value is -3.31. The number of benzene rings is 3. The van der Waals surface area contributed by atoms with Gasteiger partial charge in [-0.3, -0.25) is 4.79 Å². The number of anilines is 1. The summed E-state index contributed by atoms with van der Waals surface area (Å²) >= 11 is 0. The van der Waals surface area contributed by atoms with Gasteiger partial charge in [0, 0.05) is 19.5 Å². The largest absolute Gasteiger partial charge is 0.497 e. The fourth-order valence-electron chi connectivity index (χ4n) is 2.67. The zero-order valence-corrected chi connectivity index (χ0v) is 15.9. The second kappa shape index (κ2) is 10.1. The second-order valence-electron chi connectivity index (χ2n) is 6.23. The third-order valence-electron chi connectivity index (χ3n) is 4.15. The average molecular weight is 376 g/mol. The molecule has 1 amide bonds. The van der Waals surface area contributed by atoms with Gasteiger partial charge in [-0.15, -0.1) is 0 Å². The molecule has 3 aromatic carbocycles. The van der Waals surface area contributed by atoms with Crippen LogP contribution in [0.4, 0.5) is 5.69 Å². The molecule has 0 aliphatic heterocycles. The van der Waals surface area contributed by atoms with Gasteiger partial charge in [-0.1, -0.05) is 42.5 Å². The lowest BCUT2D eigenvalue weighted by Crippen LogP contribution is -2.21. The van der Waals surface area contributed by atoms with Crippen LogP contribution in [0.15, 0.2) is 78.9 Å². The number of nitrogens with one attached hydrogen (secondary N) is 2. The van der Waals surface area contributed by atoms with E-state index in [9.17, 15) is 4.79 Å². The number of carbonyl (C=O) groups is 1. The van der Waals surface area contributed by atoms with E-state index in [0.29, 0.717) is 30.9 Å². The molecule has 5 heteroatoms. The van der Waals surface area contributed by atoms with Crippen LogP contribution in [0, 0.1) is 0 Å². The molecule has 0 bridgehead atoms. The fourth-order valence-corrected chi connectivity index (χ4v) is 2.67. The summed E-state index contributed by atoms with van der Waals surface area (Å²) in [4.78, 5) is 12.3. The number of amides is 1. The fraction of sp³-hybridized carbons (Fsp3) is 0.174. The van der Waals surface area contributed by atoms with E-state index in [1.54, 1.807) is 7.11 Å². The summed E-state index contributed by atoms with van der Waals surface area (Å²) in [5.74, 6) is 2.12. The van der Waals surface area contributed by atoms with Crippen LogP contribution in [0.1, 0.15) is 12.0 Å². The van der Waals surface area contributed by atoms with Crippen LogP contribution in [0.25, 0.3) is 0 Å². The molecule has 3 aromatic rings. The minimum absolute atomic E-state index is 0.0636. The Morgan fingerprint density at radius 1 is 0.857 bits per heavy atom. The predicted molar refractivity (Wildman–Crippen MR) is 111 cm³/mol. The van der Waals surface area contributed by atoms with E-state index in [1.807, 2.05) is 78.9 Å². The molecule has 2 N–H and O–H groups in total. The van der Waals surface area contributed by atoms with Crippen LogP contribution >= 0.6 is 0 Å². The lowest BCUT2D eigenvalue weighted by Gasteiger charge is -2.12. The summed E-state index contributed by atoms with van der Waals surface area (Å²) in [6.45, 7) is 1.28. The molecule has 0 aromatic heterocycles. The summed E-state index contributed by atoms with van der Waals surface area (Å²) in [6, 6.07) is 24.8. The summed E-state index contributed by atoms with van der Waals surface area (Å²) in [6.07, 6.45) is 0.371. The van der Waals surface area contributed by atoms with Crippen molar-refractivity contribution in [2.45, 2.75) is 13.0 Å². The Bertz CT molecular complexity index is 880. The average Bonchev–Trinajstić information content (AvgIpc) is 2.74. The van der Waals surface area contributed by atoms with Crippen LogP contribution in [0.3, 0.4) is 0 Å². The first-order valence-electron chi connectivity index (χ1n) is 9.20. The first-order chi connectivity index (χ1) is 13.7. The Morgan fingerprint density at radius 2 is 1.57 bits per heavy atom. The van der Waals surface area contributed by atoms with E-state index < -0.39 is 0 Å². The number of para-hydroxylation sites is 3. The Morgan fingerprint density at radius 3 is 2.32 bits per heavy atom. The number of hydrogen-bond acceptors (Lipinski definition) is 4. The maximum absolute atomic E-state index is 12.3. The van der Waals surface area contributed by atoms with Crippen molar-refractivity contribution in [1.82, 2.24) is 5.32 Å². The molecule has 144 valence electrons. The third-order valence-corrected chi connectivity index (χ3v) is 4.15. The molecular weight excluding hydrogens is 352 g/mol. The molecule has 0 aliphatic rings. The number of rotatable bonds is 9. The van der Waals surface area contributed by atoms with Crippen LogP contribution in [0.2, 0.25) is 0 Å². The maximum Gasteiger partial charge on any atom is 0.225 e. The molecule has 0 fully saturated rings. The number of carbonyl (C=O) groups excluding carboxylic acids is 1. The van der Waals surface area contributed by atoms with Crippen LogP contribution in [-0.4, -0.2) is 19.6 Å². The predicted octanol–water partition coefficient (Wildman–Crippen LogP) is 4.61. The van der Waals surface area contributed by atoms with Gasteiger partial charge in [0.1, 0.15) is 11.5 Å². The molecule has 3 rings (SSSR count). The van der Waals surface area contributed by atoms with Gasteiger partial charge in [0.15, 0.2) is 5.75 Å². The topological polar surface area (TPSA) is 59.6 Å². The highest BCUT2D eigenvalue weighted by Crippen LogP contribution is 2.29. The summed E-state index contributed by atoms with van der Waals surface area (Å²) < 4.78 is 11.0.